The third kappa shape index (κ3) is 4.32. The molecule has 0 saturated carbocycles. The summed E-state index contributed by atoms with van der Waals surface area (Å²) in [6.45, 7) is 0.214. The summed E-state index contributed by atoms with van der Waals surface area (Å²) in [5, 5.41) is 6.69. The zero-order chi connectivity index (χ0) is 21.8. The van der Waals surface area contributed by atoms with Gasteiger partial charge in [-0.2, -0.15) is 0 Å². The minimum Gasteiger partial charge on any atom is -0.467 e. The van der Waals surface area contributed by atoms with Crippen LogP contribution in [-0.4, -0.2) is 41.6 Å². The van der Waals surface area contributed by atoms with Crippen LogP contribution >= 0.6 is 0 Å². The standard InChI is InChI=1S/C23H21N3O5/c27-19(25-14-20(28)24-13-16-7-4-12-31-16)10-3-11-26-22(29)17-8-1-5-15-6-2-9-18(21(15)17)23(26)30/h1-2,4-9,12H,3,10-11,13-14H2,(H,24,28)(H,25,27). The van der Waals surface area contributed by atoms with Gasteiger partial charge in [-0.05, 0) is 36.1 Å². The minimum absolute atomic E-state index is 0.0916. The fraction of sp³-hybridized carbons (Fsp3) is 0.217. The minimum atomic E-state index is -0.355. The maximum atomic E-state index is 12.8. The van der Waals surface area contributed by atoms with Gasteiger partial charge in [-0.25, -0.2) is 0 Å². The van der Waals surface area contributed by atoms with E-state index in [1.165, 1.54) is 11.2 Å². The van der Waals surface area contributed by atoms with Crippen LogP contribution in [0.2, 0.25) is 0 Å². The first-order chi connectivity index (χ1) is 15.0. The van der Waals surface area contributed by atoms with Gasteiger partial charge in [0.2, 0.25) is 11.8 Å². The van der Waals surface area contributed by atoms with E-state index in [2.05, 4.69) is 10.6 Å². The molecule has 2 N–H and O–H groups in total. The first-order valence-corrected chi connectivity index (χ1v) is 9.98. The van der Waals surface area contributed by atoms with Crippen molar-refractivity contribution in [2.75, 3.05) is 13.1 Å². The van der Waals surface area contributed by atoms with E-state index < -0.39 is 0 Å². The highest BCUT2D eigenvalue weighted by Gasteiger charge is 2.32. The monoisotopic (exact) mass is 419 g/mol. The molecule has 2 aromatic carbocycles. The Labute approximate surface area is 178 Å². The van der Waals surface area contributed by atoms with Crippen LogP contribution in [0.5, 0.6) is 0 Å². The van der Waals surface area contributed by atoms with Gasteiger partial charge in [-0.1, -0.05) is 24.3 Å². The average molecular weight is 419 g/mol. The van der Waals surface area contributed by atoms with Gasteiger partial charge in [0.15, 0.2) is 0 Å². The predicted molar refractivity (Wildman–Crippen MR) is 112 cm³/mol. The maximum Gasteiger partial charge on any atom is 0.261 e. The Morgan fingerprint density at radius 2 is 1.58 bits per heavy atom. The number of nitrogens with one attached hydrogen (secondary N) is 2. The molecule has 1 aliphatic rings. The summed E-state index contributed by atoms with van der Waals surface area (Å²) in [7, 11) is 0. The second kappa shape index (κ2) is 8.83. The van der Waals surface area contributed by atoms with Crippen molar-refractivity contribution >= 4 is 34.4 Å². The molecule has 1 aliphatic heterocycles. The van der Waals surface area contributed by atoms with Crippen molar-refractivity contribution in [1.29, 1.82) is 0 Å². The first kappa shape index (κ1) is 20.3. The third-order valence-corrected chi connectivity index (χ3v) is 5.13. The average Bonchev–Trinajstić information content (AvgIpc) is 3.30. The van der Waals surface area contributed by atoms with E-state index in [-0.39, 0.29) is 49.7 Å². The SMILES string of the molecule is O=C(CCCN1C(=O)c2cccc3cccc(c23)C1=O)NCC(=O)NCc1ccco1. The maximum absolute atomic E-state index is 12.8. The van der Waals surface area contributed by atoms with E-state index in [0.717, 1.165) is 5.39 Å². The highest BCUT2D eigenvalue weighted by molar-refractivity contribution is 6.25. The van der Waals surface area contributed by atoms with Crippen molar-refractivity contribution in [3.05, 3.63) is 71.7 Å². The molecule has 3 aromatic rings. The summed E-state index contributed by atoms with van der Waals surface area (Å²) in [5.74, 6) is -0.754. The molecule has 2 heterocycles. The van der Waals surface area contributed by atoms with Crippen molar-refractivity contribution in [2.24, 2.45) is 0 Å². The molecule has 31 heavy (non-hydrogen) atoms. The lowest BCUT2D eigenvalue weighted by Crippen LogP contribution is -2.41. The molecule has 158 valence electrons. The van der Waals surface area contributed by atoms with Crippen LogP contribution in [0.25, 0.3) is 10.8 Å². The smallest absolute Gasteiger partial charge is 0.261 e. The quantitative estimate of drug-likeness (QED) is 0.545. The van der Waals surface area contributed by atoms with Crippen molar-refractivity contribution in [3.63, 3.8) is 0 Å². The largest absolute Gasteiger partial charge is 0.467 e. The summed E-state index contributed by atoms with van der Waals surface area (Å²) in [6, 6.07) is 14.2. The number of imide groups is 1. The molecular formula is C23H21N3O5. The van der Waals surface area contributed by atoms with Crippen LogP contribution in [0.3, 0.4) is 0 Å². The Hall–Kier alpha value is -3.94. The number of benzene rings is 2. The van der Waals surface area contributed by atoms with E-state index in [1.807, 2.05) is 12.1 Å². The van der Waals surface area contributed by atoms with Crippen LogP contribution in [0, 0.1) is 0 Å². The molecule has 0 atom stereocenters. The van der Waals surface area contributed by atoms with E-state index in [0.29, 0.717) is 28.7 Å². The van der Waals surface area contributed by atoms with Crippen LogP contribution in [0.4, 0.5) is 0 Å². The van der Waals surface area contributed by atoms with Gasteiger partial charge >= 0.3 is 0 Å². The zero-order valence-electron chi connectivity index (χ0n) is 16.7. The molecule has 0 unspecified atom stereocenters. The van der Waals surface area contributed by atoms with Crippen molar-refractivity contribution in [2.45, 2.75) is 19.4 Å². The molecule has 8 nitrogen and oxygen atoms in total. The molecule has 0 saturated heterocycles. The molecule has 0 aliphatic carbocycles. The lowest BCUT2D eigenvalue weighted by atomic mass is 9.94. The summed E-state index contributed by atoms with van der Waals surface area (Å²) < 4.78 is 5.12. The van der Waals surface area contributed by atoms with Crippen molar-refractivity contribution in [3.8, 4) is 0 Å². The number of hydrogen-bond acceptors (Lipinski definition) is 5. The summed E-state index contributed by atoms with van der Waals surface area (Å²) >= 11 is 0. The molecule has 0 fully saturated rings. The molecule has 8 heteroatoms. The van der Waals surface area contributed by atoms with E-state index >= 15 is 0 Å². The van der Waals surface area contributed by atoms with Gasteiger partial charge < -0.3 is 15.1 Å². The number of carbonyl (C=O) groups is 4. The molecule has 0 radical (unpaired) electrons. The fourth-order valence-corrected chi connectivity index (χ4v) is 3.61. The van der Waals surface area contributed by atoms with Gasteiger partial charge in [0.1, 0.15) is 5.76 Å². The predicted octanol–water partition coefficient (Wildman–Crippen LogP) is 2.24. The molecule has 0 spiro atoms. The van der Waals surface area contributed by atoms with E-state index in [1.54, 1.807) is 36.4 Å². The van der Waals surface area contributed by atoms with Crippen LogP contribution in [0.1, 0.15) is 39.3 Å². The lowest BCUT2D eigenvalue weighted by molar-refractivity contribution is -0.126. The fourth-order valence-electron chi connectivity index (χ4n) is 3.61. The third-order valence-electron chi connectivity index (χ3n) is 5.13. The number of nitrogens with zero attached hydrogens (tertiary/aromatic N) is 1. The summed E-state index contributed by atoms with van der Waals surface area (Å²) in [4.78, 5) is 50.6. The van der Waals surface area contributed by atoms with Gasteiger partial charge in [0.05, 0.1) is 19.4 Å². The Morgan fingerprint density at radius 1 is 0.871 bits per heavy atom. The lowest BCUT2D eigenvalue weighted by Gasteiger charge is -2.27. The summed E-state index contributed by atoms with van der Waals surface area (Å²) in [5.41, 5.74) is 0.982. The second-order valence-electron chi connectivity index (χ2n) is 7.21. The van der Waals surface area contributed by atoms with E-state index in [9.17, 15) is 19.2 Å². The highest BCUT2D eigenvalue weighted by atomic mass is 16.3. The van der Waals surface area contributed by atoms with Gasteiger partial charge in [-0.3, -0.25) is 24.1 Å². The Morgan fingerprint density at radius 3 is 2.23 bits per heavy atom. The van der Waals surface area contributed by atoms with Crippen molar-refractivity contribution in [1.82, 2.24) is 15.5 Å². The zero-order valence-corrected chi connectivity index (χ0v) is 16.7. The second-order valence-corrected chi connectivity index (χ2v) is 7.21. The topological polar surface area (TPSA) is 109 Å². The Kier molecular flexibility index (Phi) is 5.79. The number of amides is 4. The Bertz CT molecular complexity index is 1100. The van der Waals surface area contributed by atoms with Crippen LogP contribution < -0.4 is 10.6 Å². The first-order valence-electron chi connectivity index (χ1n) is 9.98. The van der Waals surface area contributed by atoms with E-state index in [4.69, 9.17) is 4.42 Å². The number of carbonyl (C=O) groups excluding carboxylic acids is 4. The molecular weight excluding hydrogens is 398 g/mol. The Balaban J connectivity index is 1.27. The number of furan rings is 1. The van der Waals surface area contributed by atoms with Crippen LogP contribution in [-0.2, 0) is 16.1 Å². The van der Waals surface area contributed by atoms with Gasteiger partial charge in [0, 0.05) is 29.5 Å². The molecule has 1 aromatic heterocycles. The molecule has 4 amide bonds. The number of hydrogen-bond donors (Lipinski definition) is 2. The van der Waals surface area contributed by atoms with Gasteiger partial charge in [-0.15, -0.1) is 0 Å². The van der Waals surface area contributed by atoms with Gasteiger partial charge in [0.25, 0.3) is 11.8 Å². The van der Waals surface area contributed by atoms with Crippen LogP contribution in [0.15, 0.2) is 59.2 Å². The van der Waals surface area contributed by atoms with Crippen molar-refractivity contribution < 1.29 is 23.6 Å². The summed E-state index contributed by atoms with van der Waals surface area (Å²) in [6.07, 6.45) is 1.91. The molecule has 0 bridgehead atoms. The normalized spacial score (nSPS) is 12.8. The highest BCUT2D eigenvalue weighted by Crippen LogP contribution is 2.29. The molecule has 4 rings (SSSR count). The number of rotatable bonds is 8.